The van der Waals surface area contributed by atoms with Gasteiger partial charge in [-0.05, 0) is 47.3 Å². The molecule has 1 aromatic carbocycles. The van der Waals surface area contributed by atoms with E-state index >= 15 is 0 Å². The lowest BCUT2D eigenvalue weighted by atomic mass is 10.0. The molecule has 4 unspecified atom stereocenters. The van der Waals surface area contributed by atoms with E-state index < -0.39 is 0 Å². The molecule has 0 bridgehead atoms. The highest BCUT2D eigenvalue weighted by Gasteiger charge is 2.28. The zero-order valence-electron chi connectivity index (χ0n) is 15.9. The fourth-order valence-corrected chi connectivity index (χ4v) is 12.0. The summed E-state index contributed by atoms with van der Waals surface area (Å²) in [6.07, 6.45) is 6.77. The topological polar surface area (TPSA) is 0 Å². The first-order valence-electron chi connectivity index (χ1n) is 9.04. The van der Waals surface area contributed by atoms with Gasteiger partial charge in [0.2, 0.25) is 0 Å². The lowest BCUT2D eigenvalue weighted by Crippen LogP contribution is -2.19. The Morgan fingerprint density at radius 3 is 1.68 bits per heavy atom. The smallest absolute Gasteiger partial charge is 0.0709 e. The molecular weight excluding hydrogens is 497 g/mol. The predicted octanol–water partition coefficient (Wildman–Crippen LogP) is 7.39. The van der Waals surface area contributed by atoms with Crippen molar-refractivity contribution in [2.24, 2.45) is 0 Å². The van der Waals surface area contributed by atoms with Crippen LogP contribution in [0.3, 0.4) is 0 Å². The summed E-state index contributed by atoms with van der Waals surface area (Å²) >= 11 is 20.8. The molecule has 2 heterocycles. The maximum atomic E-state index is 4.43. The number of thiol groups is 2. The summed E-state index contributed by atoms with van der Waals surface area (Å²) in [4.78, 5) is 2.82. The normalized spacial score (nSPS) is 24.1. The highest BCUT2D eigenvalue weighted by atomic mass is 32.2. The van der Waals surface area contributed by atoms with Gasteiger partial charge in [0, 0.05) is 31.8 Å². The van der Waals surface area contributed by atoms with Gasteiger partial charge in [0.15, 0.2) is 0 Å². The molecule has 28 heavy (non-hydrogen) atoms. The molecule has 0 N–H and O–H groups in total. The average molecular weight is 523 g/mol. The van der Waals surface area contributed by atoms with Crippen molar-refractivity contribution < 1.29 is 0 Å². The van der Waals surface area contributed by atoms with Crippen molar-refractivity contribution >= 4 is 95.8 Å². The Morgan fingerprint density at radius 2 is 1.32 bits per heavy atom. The second kappa shape index (κ2) is 12.5. The van der Waals surface area contributed by atoms with E-state index in [2.05, 4.69) is 72.9 Å². The van der Waals surface area contributed by atoms with Crippen molar-refractivity contribution in [1.82, 2.24) is 0 Å². The van der Waals surface area contributed by atoms with Crippen LogP contribution < -0.4 is 0 Å². The summed E-state index contributed by atoms with van der Waals surface area (Å²) in [5.41, 5.74) is 2.94. The van der Waals surface area contributed by atoms with Gasteiger partial charge in [-0.15, -0.1) is 47.0 Å². The fourth-order valence-electron chi connectivity index (χ4n) is 3.10. The highest BCUT2D eigenvalue weighted by molar-refractivity contribution is 8.24. The summed E-state index contributed by atoms with van der Waals surface area (Å²) < 4.78 is 1.22. The van der Waals surface area contributed by atoms with Gasteiger partial charge in [-0.2, -0.15) is 48.8 Å². The van der Waals surface area contributed by atoms with Crippen molar-refractivity contribution in [3.8, 4) is 0 Å². The van der Waals surface area contributed by atoms with Crippen molar-refractivity contribution in [1.29, 1.82) is 0 Å². The summed E-state index contributed by atoms with van der Waals surface area (Å²) in [7, 11) is 0. The Kier molecular flexibility index (Phi) is 10.8. The van der Waals surface area contributed by atoms with E-state index in [9.17, 15) is 0 Å². The second-order valence-electron chi connectivity index (χ2n) is 6.51. The van der Waals surface area contributed by atoms with Gasteiger partial charge in [0.25, 0.3) is 0 Å². The van der Waals surface area contributed by atoms with E-state index in [-0.39, 0.29) is 0 Å². The van der Waals surface area contributed by atoms with E-state index in [1.807, 2.05) is 70.6 Å². The first-order valence-corrected chi connectivity index (χ1v) is 16.5. The monoisotopic (exact) mass is 522 g/mol. The molecule has 0 fully saturated rings. The minimum absolute atomic E-state index is 0.608. The van der Waals surface area contributed by atoms with Crippen LogP contribution in [0.5, 0.6) is 0 Å². The van der Waals surface area contributed by atoms with Crippen molar-refractivity contribution in [3.05, 3.63) is 56.0 Å². The maximum absolute atomic E-state index is 4.43. The van der Waals surface area contributed by atoms with Crippen LogP contribution in [0.4, 0.5) is 0 Å². The lowest BCUT2D eigenvalue weighted by Gasteiger charge is -2.22. The minimum Gasteiger partial charge on any atom is -0.174 e. The van der Waals surface area contributed by atoms with E-state index in [1.54, 1.807) is 0 Å². The molecule has 0 amide bonds. The maximum Gasteiger partial charge on any atom is 0.0709 e. The van der Waals surface area contributed by atoms with E-state index in [1.165, 1.54) is 20.9 Å². The van der Waals surface area contributed by atoms with Crippen LogP contribution >= 0.6 is 95.8 Å². The molecule has 4 atom stereocenters. The van der Waals surface area contributed by atoms with Crippen molar-refractivity contribution in [3.63, 3.8) is 0 Å². The molecule has 0 nitrogen and oxygen atoms in total. The summed E-state index contributed by atoms with van der Waals surface area (Å²) in [5.74, 6) is 1.73. The largest absolute Gasteiger partial charge is 0.174 e. The number of benzene rings is 1. The van der Waals surface area contributed by atoms with E-state index in [0.29, 0.717) is 19.7 Å². The highest BCUT2D eigenvalue weighted by Crippen LogP contribution is 2.46. The molecule has 154 valence electrons. The predicted molar refractivity (Wildman–Crippen MR) is 150 cm³/mol. The van der Waals surface area contributed by atoms with Gasteiger partial charge in [0.1, 0.15) is 0 Å². The first kappa shape index (κ1) is 24.1. The van der Waals surface area contributed by atoms with E-state index in [0.717, 1.165) is 24.3 Å². The Morgan fingerprint density at radius 1 is 0.857 bits per heavy atom. The Hall–Kier alpha value is 1.50. The SMILES string of the molecule is CSC(Cc1cccc(CC(SC)C2SC=C(CS)S2)c1)C1SC=C(CS)S1. The van der Waals surface area contributed by atoms with Crippen molar-refractivity contribution in [2.45, 2.75) is 32.5 Å². The van der Waals surface area contributed by atoms with Gasteiger partial charge in [-0.3, -0.25) is 0 Å². The van der Waals surface area contributed by atoms with Crippen LogP contribution in [-0.4, -0.2) is 43.7 Å². The summed E-state index contributed by atoms with van der Waals surface area (Å²) in [6, 6.07) is 9.30. The molecule has 0 aromatic heterocycles. The number of hydrogen-bond acceptors (Lipinski definition) is 8. The summed E-state index contributed by atoms with van der Waals surface area (Å²) in [5, 5.41) is 5.85. The van der Waals surface area contributed by atoms with Gasteiger partial charge in [-0.25, -0.2) is 0 Å². The molecule has 2 aliphatic rings. The van der Waals surface area contributed by atoms with Crippen LogP contribution in [0.15, 0.2) is 44.9 Å². The molecule has 0 saturated heterocycles. The zero-order chi connectivity index (χ0) is 19.9. The molecule has 3 rings (SSSR count). The van der Waals surface area contributed by atoms with E-state index in [4.69, 9.17) is 0 Å². The van der Waals surface area contributed by atoms with Gasteiger partial charge < -0.3 is 0 Å². The Balaban J connectivity index is 1.60. The van der Waals surface area contributed by atoms with Gasteiger partial charge >= 0.3 is 0 Å². The first-order chi connectivity index (χ1) is 13.7. The third kappa shape index (κ3) is 6.75. The minimum atomic E-state index is 0.608. The van der Waals surface area contributed by atoms with Crippen molar-refractivity contribution in [2.75, 3.05) is 24.0 Å². The van der Waals surface area contributed by atoms with Gasteiger partial charge in [0.05, 0.1) is 9.16 Å². The molecule has 2 aliphatic heterocycles. The molecule has 0 spiro atoms. The third-order valence-corrected chi connectivity index (χ3v) is 14.3. The number of hydrogen-bond donors (Lipinski definition) is 2. The zero-order valence-corrected chi connectivity index (χ0v) is 22.6. The molecular formula is C20H26S8. The van der Waals surface area contributed by atoms with Crippen LogP contribution in [0.2, 0.25) is 0 Å². The molecule has 8 heteroatoms. The standard InChI is InChI=1S/C20H26S8/c1-23-17(19-25-11-15(9-21)27-19)7-13-4-3-5-14(6-13)8-18(24-2)20-26-12-16(10-22)28-20/h3-6,11-12,17-22H,7-10H2,1-2H3. The van der Waals surface area contributed by atoms with Crippen LogP contribution in [0.1, 0.15) is 11.1 Å². The van der Waals surface area contributed by atoms with Crippen LogP contribution in [-0.2, 0) is 12.8 Å². The summed E-state index contributed by atoms with van der Waals surface area (Å²) in [6.45, 7) is 0. The Bertz CT molecular complexity index is 646. The molecule has 0 saturated carbocycles. The third-order valence-electron chi connectivity index (χ3n) is 4.59. The number of rotatable bonds is 10. The quantitative estimate of drug-likeness (QED) is 0.305. The van der Waals surface area contributed by atoms with Crippen LogP contribution in [0.25, 0.3) is 0 Å². The molecule has 1 aromatic rings. The fraction of sp³-hybridized carbons (Fsp3) is 0.500. The lowest BCUT2D eigenvalue weighted by molar-refractivity contribution is 0.906. The number of thioether (sulfide) groups is 6. The average Bonchev–Trinajstić information content (AvgIpc) is 3.40. The van der Waals surface area contributed by atoms with Crippen LogP contribution in [0, 0.1) is 0 Å². The van der Waals surface area contributed by atoms with Gasteiger partial charge in [-0.1, -0.05) is 24.3 Å². The Labute approximate surface area is 206 Å². The molecule has 0 radical (unpaired) electrons. The molecule has 0 aliphatic carbocycles. The second-order valence-corrected chi connectivity index (χ2v) is 14.5.